The molecule has 6 heteroatoms. The van der Waals surface area contributed by atoms with Crippen molar-refractivity contribution in [1.82, 2.24) is 14.8 Å². The highest BCUT2D eigenvalue weighted by molar-refractivity contribution is 5.56. The second-order valence-corrected chi connectivity index (χ2v) is 5.65. The summed E-state index contributed by atoms with van der Waals surface area (Å²) in [7, 11) is 1.59. The molecule has 0 aliphatic rings. The van der Waals surface area contributed by atoms with E-state index in [1.807, 2.05) is 37.3 Å². The molecule has 0 radical (unpaired) electrons. The van der Waals surface area contributed by atoms with Crippen molar-refractivity contribution >= 4 is 0 Å². The maximum absolute atomic E-state index is 10.6. The van der Waals surface area contributed by atoms with Crippen LogP contribution in [0.5, 0.6) is 5.75 Å². The molecule has 0 aliphatic heterocycles. The summed E-state index contributed by atoms with van der Waals surface area (Å²) in [5, 5.41) is 23.9. The molecule has 3 aromatic rings. The van der Waals surface area contributed by atoms with E-state index in [0.717, 1.165) is 11.1 Å². The molecular formula is C19H18N4O2. The Morgan fingerprint density at radius 1 is 1.24 bits per heavy atom. The van der Waals surface area contributed by atoms with Crippen molar-refractivity contribution in [2.45, 2.75) is 19.6 Å². The second kappa shape index (κ2) is 7.16. The van der Waals surface area contributed by atoms with Crippen LogP contribution in [0.1, 0.15) is 23.1 Å². The average Bonchev–Trinajstić information content (AvgIpc) is 3.02. The van der Waals surface area contributed by atoms with E-state index in [4.69, 9.17) is 10.00 Å². The Morgan fingerprint density at radius 3 is 2.68 bits per heavy atom. The van der Waals surface area contributed by atoms with Crippen LogP contribution >= 0.6 is 0 Å². The normalized spacial score (nSPS) is 11.8. The molecule has 0 fully saturated rings. The topological polar surface area (TPSA) is 84.0 Å². The van der Waals surface area contributed by atoms with Crippen molar-refractivity contribution in [3.8, 4) is 23.2 Å². The largest absolute Gasteiger partial charge is 0.497 e. The number of aliphatic hydroxyl groups is 1. The number of nitrogens with zero attached hydrogens (tertiary/aromatic N) is 4. The van der Waals surface area contributed by atoms with E-state index in [-0.39, 0.29) is 6.54 Å². The summed E-state index contributed by atoms with van der Waals surface area (Å²) >= 11 is 0. The highest BCUT2D eigenvalue weighted by Gasteiger charge is 2.15. The number of aromatic nitrogens is 3. The van der Waals surface area contributed by atoms with Gasteiger partial charge >= 0.3 is 0 Å². The van der Waals surface area contributed by atoms with E-state index < -0.39 is 6.10 Å². The lowest BCUT2D eigenvalue weighted by molar-refractivity contribution is 0.151. The smallest absolute Gasteiger partial charge is 0.158 e. The van der Waals surface area contributed by atoms with Crippen LogP contribution in [-0.4, -0.2) is 27.0 Å². The fraction of sp³-hybridized carbons (Fsp3) is 0.211. The van der Waals surface area contributed by atoms with Gasteiger partial charge in [-0.05, 0) is 48.9 Å². The Bertz CT molecular complexity index is 910. The van der Waals surface area contributed by atoms with Gasteiger partial charge in [0.15, 0.2) is 5.82 Å². The first-order chi connectivity index (χ1) is 12.1. The molecule has 25 heavy (non-hydrogen) atoms. The first-order valence-corrected chi connectivity index (χ1v) is 7.84. The summed E-state index contributed by atoms with van der Waals surface area (Å²) in [6.07, 6.45) is -0.742. The Hall–Kier alpha value is -3.17. The van der Waals surface area contributed by atoms with Gasteiger partial charge in [-0.25, -0.2) is 9.67 Å². The van der Waals surface area contributed by atoms with Gasteiger partial charge in [0.05, 0.1) is 31.4 Å². The summed E-state index contributed by atoms with van der Waals surface area (Å²) in [5.74, 6) is 1.97. The van der Waals surface area contributed by atoms with Crippen LogP contribution in [0.15, 0.2) is 48.5 Å². The van der Waals surface area contributed by atoms with Gasteiger partial charge in [-0.2, -0.15) is 10.4 Å². The van der Waals surface area contributed by atoms with Crippen LogP contribution in [0.3, 0.4) is 0 Å². The summed E-state index contributed by atoms with van der Waals surface area (Å²) < 4.78 is 6.88. The molecule has 6 nitrogen and oxygen atoms in total. The SMILES string of the molecule is COc1cccc(C(O)Cn2nc(C)nc2-c2ccc(C#N)cc2)c1. The Kier molecular flexibility index (Phi) is 4.78. The van der Waals surface area contributed by atoms with Crippen molar-refractivity contribution in [2.24, 2.45) is 0 Å². The lowest BCUT2D eigenvalue weighted by Crippen LogP contribution is -2.11. The number of hydrogen-bond donors (Lipinski definition) is 1. The number of rotatable bonds is 5. The zero-order valence-electron chi connectivity index (χ0n) is 14.0. The lowest BCUT2D eigenvalue weighted by atomic mass is 10.1. The third-order valence-corrected chi connectivity index (χ3v) is 3.87. The Labute approximate surface area is 145 Å². The molecule has 1 heterocycles. The van der Waals surface area contributed by atoms with Crippen molar-refractivity contribution in [3.63, 3.8) is 0 Å². The van der Waals surface area contributed by atoms with Gasteiger partial charge < -0.3 is 9.84 Å². The van der Waals surface area contributed by atoms with E-state index in [2.05, 4.69) is 16.2 Å². The van der Waals surface area contributed by atoms with Gasteiger partial charge in [0.25, 0.3) is 0 Å². The van der Waals surface area contributed by atoms with E-state index >= 15 is 0 Å². The molecule has 1 aromatic heterocycles. The first kappa shape index (κ1) is 16.7. The maximum Gasteiger partial charge on any atom is 0.158 e. The standard InChI is InChI=1S/C19H18N4O2/c1-13-21-19(15-8-6-14(11-20)7-9-15)23(22-13)12-18(24)16-4-3-5-17(10-16)25-2/h3-10,18,24H,12H2,1-2H3. The number of aliphatic hydroxyl groups excluding tert-OH is 1. The number of methoxy groups -OCH3 is 1. The van der Waals surface area contributed by atoms with Gasteiger partial charge in [0.1, 0.15) is 11.6 Å². The van der Waals surface area contributed by atoms with E-state index in [9.17, 15) is 5.11 Å². The molecule has 2 aromatic carbocycles. The molecule has 1 N–H and O–H groups in total. The predicted octanol–water partition coefficient (Wildman–Crippen LogP) is 2.87. The van der Waals surface area contributed by atoms with Crippen LogP contribution in [0.4, 0.5) is 0 Å². The summed E-state index contributed by atoms with van der Waals surface area (Å²) in [6.45, 7) is 2.07. The van der Waals surface area contributed by atoms with Gasteiger partial charge in [0, 0.05) is 5.56 Å². The summed E-state index contributed by atoms with van der Waals surface area (Å²) in [4.78, 5) is 4.45. The zero-order valence-corrected chi connectivity index (χ0v) is 14.0. The molecular weight excluding hydrogens is 316 g/mol. The van der Waals surface area contributed by atoms with Gasteiger partial charge in [-0.15, -0.1) is 0 Å². The number of ether oxygens (including phenoxy) is 1. The monoisotopic (exact) mass is 334 g/mol. The van der Waals surface area contributed by atoms with Crippen LogP contribution < -0.4 is 4.74 Å². The predicted molar refractivity (Wildman–Crippen MR) is 92.9 cm³/mol. The van der Waals surface area contributed by atoms with Gasteiger partial charge in [0.2, 0.25) is 0 Å². The molecule has 0 aliphatic carbocycles. The summed E-state index contributed by atoms with van der Waals surface area (Å²) in [6, 6.07) is 16.5. The highest BCUT2D eigenvalue weighted by atomic mass is 16.5. The fourth-order valence-corrected chi connectivity index (χ4v) is 2.61. The van der Waals surface area contributed by atoms with E-state index in [1.54, 1.807) is 30.0 Å². The third kappa shape index (κ3) is 3.67. The molecule has 0 saturated heterocycles. The second-order valence-electron chi connectivity index (χ2n) is 5.65. The molecule has 1 unspecified atom stereocenters. The highest BCUT2D eigenvalue weighted by Crippen LogP contribution is 2.23. The van der Waals surface area contributed by atoms with Crippen LogP contribution in [0, 0.1) is 18.3 Å². The Balaban J connectivity index is 1.88. The molecule has 1 atom stereocenters. The van der Waals surface area contributed by atoms with Crippen LogP contribution in [0.25, 0.3) is 11.4 Å². The number of benzene rings is 2. The third-order valence-electron chi connectivity index (χ3n) is 3.87. The molecule has 0 bridgehead atoms. The fourth-order valence-electron chi connectivity index (χ4n) is 2.61. The molecule has 0 spiro atoms. The minimum absolute atomic E-state index is 0.267. The van der Waals surface area contributed by atoms with Crippen LogP contribution in [-0.2, 0) is 6.54 Å². The number of hydrogen-bond acceptors (Lipinski definition) is 5. The molecule has 0 saturated carbocycles. The van der Waals surface area contributed by atoms with Crippen molar-refractivity contribution in [3.05, 3.63) is 65.5 Å². The molecule has 3 rings (SSSR count). The van der Waals surface area contributed by atoms with Gasteiger partial charge in [-0.1, -0.05) is 12.1 Å². The van der Waals surface area contributed by atoms with E-state index in [1.165, 1.54) is 0 Å². The van der Waals surface area contributed by atoms with Crippen molar-refractivity contribution in [1.29, 1.82) is 5.26 Å². The molecule has 0 amide bonds. The molecule has 126 valence electrons. The van der Waals surface area contributed by atoms with Crippen molar-refractivity contribution < 1.29 is 9.84 Å². The van der Waals surface area contributed by atoms with Crippen LogP contribution in [0.2, 0.25) is 0 Å². The minimum Gasteiger partial charge on any atom is -0.497 e. The Morgan fingerprint density at radius 2 is 2.00 bits per heavy atom. The van der Waals surface area contributed by atoms with Crippen molar-refractivity contribution in [2.75, 3.05) is 7.11 Å². The van der Waals surface area contributed by atoms with Gasteiger partial charge in [-0.3, -0.25) is 0 Å². The lowest BCUT2D eigenvalue weighted by Gasteiger charge is -2.13. The average molecular weight is 334 g/mol. The maximum atomic E-state index is 10.6. The number of aryl methyl sites for hydroxylation is 1. The summed E-state index contributed by atoms with van der Waals surface area (Å²) in [5.41, 5.74) is 2.18. The quantitative estimate of drug-likeness (QED) is 0.775. The zero-order chi connectivity index (χ0) is 17.8. The minimum atomic E-state index is -0.742. The first-order valence-electron chi connectivity index (χ1n) is 7.84. The van der Waals surface area contributed by atoms with E-state index in [0.29, 0.717) is 23.0 Å². The number of nitriles is 1.